The Morgan fingerprint density at radius 3 is 2.65 bits per heavy atom. The van der Waals surface area contributed by atoms with Crippen molar-refractivity contribution in [2.45, 2.75) is 5.16 Å². The van der Waals surface area contributed by atoms with Gasteiger partial charge < -0.3 is 4.98 Å². The van der Waals surface area contributed by atoms with E-state index >= 15 is 0 Å². The molecule has 0 fully saturated rings. The van der Waals surface area contributed by atoms with Gasteiger partial charge in [-0.3, -0.25) is 9.78 Å². The molecule has 0 bridgehead atoms. The van der Waals surface area contributed by atoms with Crippen LogP contribution in [0.2, 0.25) is 0 Å². The Morgan fingerprint density at radius 1 is 1.17 bits per heavy atom. The summed E-state index contributed by atoms with van der Waals surface area (Å²) in [6, 6.07) is 13.3. The Labute approximate surface area is 137 Å². The lowest BCUT2D eigenvalue weighted by atomic mass is 10.0. The van der Waals surface area contributed by atoms with Gasteiger partial charge in [0.2, 0.25) is 0 Å². The Morgan fingerprint density at radius 2 is 1.96 bits per heavy atom. The summed E-state index contributed by atoms with van der Waals surface area (Å²) in [6.45, 7) is 0. The zero-order valence-corrected chi connectivity index (χ0v) is 13.1. The number of nitrogens with one attached hydrogen (secondary N) is 1. The van der Waals surface area contributed by atoms with E-state index in [1.807, 2.05) is 48.7 Å². The van der Waals surface area contributed by atoms with Gasteiger partial charge >= 0.3 is 0 Å². The molecule has 0 aliphatic heterocycles. The number of aromatic nitrogens is 3. The SMILES string of the molecule is CSc1nc(-c2cccc(-c3cccnc3)c2)c(C#N)c(=O)[nH]1. The van der Waals surface area contributed by atoms with Gasteiger partial charge in [0.1, 0.15) is 11.6 Å². The van der Waals surface area contributed by atoms with Crippen LogP contribution in [0.25, 0.3) is 22.4 Å². The third-order valence-electron chi connectivity index (χ3n) is 3.33. The van der Waals surface area contributed by atoms with Crippen molar-refractivity contribution >= 4 is 11.8 Å². The normalized spacial score (nSPS) is 10.3. The van der Waals surface area contributed by atoms with Gasteiger partial charge in [0.25, 0.3) is 5.56 Å². The summed E-state index contributed by atoms with van der Waals surface area (Å²) >= 11 is 1.33. The molecule has 0 spiro atoms. The van der Waals surface area contributed by atoms with Crippen LogP contribution in [-0.4, -0.2) is 21.2 Å². The fourth-order valence-corrected chi connectivity index (χ4v) is 2.62. The summed E-state index contributed by atoms with van der Waals surface area (Å²) in [5, 5.41) is 9.77. The Hall–Kier alpha value is -2.91. The third kappa shape index (κ3) is 3.00. The van der Waals surface area contributed by atoms with Crippen LogP contribution in [0, 0.1) is 11.3 Å². The van der Waals surface area contributed by atoms with Crippen molar-refractivity contribution in [1.82, 2.24) is 15.0 Å². The summed E-state index contributed by atoms with van der Waals surface area (Å²) in [4.78, 5) is 23.1. The highest BCUT2D eigenvalue weighted by molar-refractivity contribution is 7.98. The van der Waals surface area contributed by atoms with Crippen LogP contribution in [0.4, 0.5) is 0 Å². The van der Waals surface area contributed by atoms with Crippen molar-refractivity contribution in [3.8, 4) is 28.5 Å². The van der Waals surface area contributed by atoms with Crippen molar-refractivity contribution < 1.29 is 0 Å². The number of pyridine rings is 1. The summed E-state index contributed by atoms with van der Waals surface area (Å²) in [5.74, 6) is 0. The molecule has 1 aromatic carbocycles. The molecule has 3 rings (SSSR count). The van der Waals surface area contributed by atoms with Crippen LogP contribution in [0.1, 0.15) is 5.56 Å². The van der Waals surface area contributed by atoms with Gasteiger partial charge in [-0.2, -0.15) is 5.26 Å². The Kier molecular flexibility index (Phi) is 4.22. The highest BCUT2D eigenvalue weighted by Gasteiger charge is 2.13. The fourth-order valence-electron chi connectivity index (χ4n) is 2.24. The van der Waals surface area contributed by atoms with Crippen LogP contribution in [-0.2, 0) is 0 Å². The van der Waals surface area contributed by atoms with Crippen molar-refractivity contribution in [2.24, 2.45) is 0 Å². The van der Waals surface area contributed by atoms with E-state index in [0.29, 0.717) is 10.9 Å². The van der Waals surface area contributed by atoms with Crippen molar-refractivity contribution in [3.63, 3.8) is 0 Å². The van der Waals surface area contributed by atoms with Crippen molar-refractivity contribution in [3.05, 3.63) is 64.7 Å². The molecular formula is C17H12N4OS. The summed E-state index contributed by atoms with van der Waals surface area (Å²) in [5.41, 5.74) is 2.63. The molecule has 0 amide bonds. The first kappa shape index (κ1) is 15.0. The lowest BCUT2D eigenvalue weighted by Gasteiger charge is -2.07. The standard InChI is InChI=1S/C17H12N4OS/c1-23-17-20-15(14(9-18)16(22)21-17)12-5-2-4-11(8-12)13-6-3-7-19-10-13/h2-8,10H,1H3,(H,20,21,22). The highest BCUT2D eigenvalue weighted by Crippen LogP contribution is 2.26. The average Bonchev–Trinajstić information content (AvgIpc) is 2.62. The van der Waals surface area contributed by atoms with Crippen LogP contribution < -0.4 is 5.56 Å². The molecule has 23 heavy (non-hydrogen) atoms. The molecule has 1 N–H and O–H groups in total. The largest absolute Gasteiger partial charge is 0.300 e. The van der Waals surface area contributed by atoms with Gasteiger partial charge in [-0.25, -0.2) is 4.98 Å². The van der Waals surface area contributed by atoms with Gasteiger partial charge in [0.15, 0.2) is 5.16 Å². The molecule has 0 saturated heterocycles. The smallest absolute Gasteiger partial charge is 0.270 e. The molecular weight excluding hydrogens is 308 g/mol. The number of benzene rings is 1. The van der Waals surface area contributed by atoms with Crippen LogP contribution >= 0.6 is 11.8 Å². The first-order valence-electron chi connectivity index (χ1n) is 6.82. The van der Waals surface area contributed by atoms with Gasteiger partial charge in [-0.1, -0.05) is 36.0 Å². The Balaban J connectivity index is 2.19. The lowest BCUT2D eigenvalue weighted by Crippen LogP contribution is -2.14. The van der Waals surface area contributed by atoms with E-state index < -0.39 is 5.56 Å². The molecule has 6 heteroatoms. The summed E-state index contributed by atoms with van der Waals surface area (Å²) < 4.78 is 0. The van der Waals surface area contributed by atoms with E-state index in [4.69, 9.17) is 0 Å². The second-order valence-corrected chi connectivity index (χ2v) is 5.53. The number of nitriles is 1. The minimum atomic E-state index is -0.423. The quantitative estimate of drug-likeness (QED) is 0.592. The van der Waals surface area contributed by atoms with Gasteiger partial charge in [-0.05, 0) is 24.0 Å². The highest BCUT2D eigenvalue weighted by atomic mass is 32.2. The maximum absolute atomic E-state index is 12.0. The van der Waals surface area contributed by atoms with Crippen molar-refractivity contribution in [2.75, 3.05) is 6.26 Å². The average molecular weight is 320 g/mol. The number of rotatable bonds is 3. The number of hydrogen-bond acceptors (Lipinski definition) is 5. The van der Waals surface area contributed by atoms with E-state index in [-0.39, 0.29) is 5.56 Å². The molecule has 0 aliphatic carbocycles. The number of thioether (sulfide) groups is 1. The molecule has 0 unspecified atom stereocenters. The first-order valence-corrected chi connectivity index (χ1v) is 8.04. The molecule has 0 aliphatic rings. The van der Waals surface area contributed by atoms with E-state index in [0.717, 1.165) is 16.7 Å². The maximum Gasteiger partial charge on any atom is 0.270 e. The monoisotopic (exact) mass is 320 g/mol. The molecule has 2 heterocycles. The lowest BCUT2D eigenvalue weighted by molar-refractivity contribution is 0.938. The molecule has 0 atom stereocenters. The first-order chi connectivity index (χ1) is 11.2. The predicted molar refractivity (Wildman–Crippen MR) is 90.0 cm³/mol. The summed E-state index contributed by atoms with van der Waals surface area (Å²) in [6.07, 6.45) is 5.30. The number of aromatic amines is 1. The molecule has 3 aromatic rings. The minimum absolute atomic E-state index is 0.0196. The van der Waals surface area contributed by atoms with E-state index in [9.17, 15) is 10.1 Å². The molecule has 112 valence electrons. The number of H-pyrrole nitrogens is 1. The Bertz CT molecular complexity index is 945. The molecule has 5 nitrogen and oxygen atoms in total. The fraction of sp³-hybridized carbons (Fsp3) is 0.0588. The topological polar surface area (TPSA) is 82.4 Å². The van der Waals surface area contributed by atoms with Crippen LogP contribution in [0.5, 0.6) is 0 Å². The van der Waals surface area contributed by atoms with E-state index in [1.54, 1.807) is 12.4 Å². The zero-order valence-electron chi connectivity index (χ0n) is 12.3. The van der Waals surface area contributed by atoms with Gasteiger partial charge in [0.05, 0.1) is 5.69 Å². The summed E-state index contributed by atoms with van der Waals surface area (Å²) in [7, 11) is 0. The zero-order chi connectivity index (χ0) is 16.2. The second kappa shape index (κ2) is 6.46. The van der Waals surface area contributed by atoms with Crippen LogP contribution in [0.15, 0.2) is 58.7 Å². The number of hydrogen-bond donors (Lipinski definition) is 1. The molecule has 2 aromatic heterocycles. The third-order valence-corrected chi connectivity index (χ3v) is 3.91. The van der Waals surface area contributed by atoms with E-state index in [2.05, 4.69) is 15.0 Å². The number of nitrogens with zero attached hydrogens (tertiary/aromatic N) is 3. The second-order valence-electron chi connectivity index (χ2n) is 4.73. The van der Waals surface area contributed by atoms with Gasteiger partial charge in [0, 0.05) is 23.5 Å². The molecule has 0 saturated carbocycles. The predicted octanol–water partition coefficient (Wildman–Crippen LogP) is 3.09. The van der Waals surface area contributed by atoms with E-state index in [1.165, 1.54) is 11.8 Å². The van der Waals surface area contributed by atoms with Crippen LogP contribution in [0.3, 0.4) is 0 Å². The maximum atomic E-state index is 12.0. The van der Waals surface area contributed by atoms with Gasteiger partial charge in [-0.15, -0.1) is 0 Å². The minimum Gasteiger partial charge on any atom is -0.300 e. The van der Waals surface area contributed by atoms with Crippen molar-refractivity contribution in [1.29, 1.82) is 5.26 Å². The molecule has 0 radical (unpaired) electrons.